The largest absolute Gasteiger partial charge is 0.494 e. The van der Waals surface area contributed by atoms with Gasteiger partial charge < -0.3 is 20.3 Å². The van der Waals surface area contributed by atoms with Crippen molar-refractivity contribution in [3.63, 3.8) is 0 Å². The number of fused-ring (bicyclic) bond motifs is 3. The molecule has 0 fully saturated rings. The van der Waals surface area contributed by atoms with Gasteiger partial charge in [0.1, 0.15) is 22.7 Å². The van der Waals surface area contributed by atoms with Crippen LogP contribution in [0.3, 0.4) is 0 Å². The highest BCUT2D eigenvalue weighted by Gasteiger charge is 2.31. The van der Waals surface area contributed by atoms with Crippen LogP contribution in [0.15, 0.2) is 23.4 Å². The summed E-state index contributed by atoms with van der Waals surface area (Å²) in [6.45, 7) is 4.11. The van der Waals surface area contributed by atoms with Crippen LogP contribution >= 0.6 is 23.1 Å². The van der Waals surface area contributed by atoms with Gasteiger partial charge in [-0.15, -0.1) is 23.1 Å². The number of methoxy groups -OCH3 is 1. The molecule has 176 valence electrons. The molecule has 9 heteroatoms. The Hall–Kier alpha value is -2.52. The average molecular weight is 486 g/mol. The molecule has 0 saturated carbocycles. The molecular weight excluding hydrogens is 454 g/mol. The first kappa shape index (κ1) is 23.6. The van der Waals surface area contributed by atoms with E-state index in [1.54, 1.807) is 36.5 Å². The molecule has 2 heterocycles. The number of ether oxygens (including phenoxy) is 1. The van der Waals surface area contributed by atoms with Gasteiger partial charge in [0.05, 0.1) is 23.9 Å². The second kappa shape index (κ2) is 9.77. The van der Waals surface area contributed by atoms with E-state index in [1.165, 1.54) is 10.4 Å². The Morgan fingerprint density at radius 3 is 2.76 bits per heavy atom. The van der Waals surface area contributed by atoms with Crippen LogP contribution in [0, 0.1) is 5.92 Å². The number of anilines is 3. The van der Waals surface area contributed by atoms with E-state index in [4.69, 9.17) is 4.74 Å². The first-order valence-electron chi connectivity index (χ1n) is 11.1. The second-order valence-corrected chi connectivity index (χ2v) is 10.4. The molecule has 0 saturated heterocycles. The number of hydrogen-bond donors (Lipinski definition) is 2. The third-order valence-corrected chi connectivity index (χ3v) is 8.30. The fraction of sp³-hybridized carbons (Fsp3) is 0.458. The predicted octanol–water partition coefficient (Wildman–Crippen LogP) is 5.18. The van der Waals surface area contributed by atoms with E-state index < -0.39 is 0 Å². The Labute approximate surface area is 203 Å². The second-order valence-electron chi connectivity index (χ2n) is 8.52. The summed E-state index contributed by atoms with van der Waals surface area (Å²) in [7, 11) is 5.48. The maximum atomic E-state index is 12.9. The maximum absolute atomic E-state index is 12.9. The summed E-state index contributed by atoms with van der Waals surface area (Å²) in [6, 6.07) is 4.29. The SMILES string of the molecule is CNc1cc(OC)c(Nc2ncnc3sc4c(c23)CCC(C(=O)N(C)C(C)C)C4)cc1SC. The summed E-state index contributed by atoms with van der Waals surface area (Å²) in [5, 5.41) is 7.79. The fourth-order valence-electron chi connectivity index (χ4n) is 4.28. The van der Waals surface area contributed by atoms with Crippen LogP contribution in [-0.4, -0.2) is 54.3 Å². The van der Waals surface area contributed by atoms with E-state index in [9.17, 15) is 4.79 Å². The molecule has 2 N–H and O–H groups in total. The number of nitrogens with one attached hydrogen (secondary N) is 2. The summed E-state index contributed by atoms with van der Waals surface area (Å²) in [5.74, 6) is 1.79. The highest BCUT2D eigenvalue weighted by Crippen LogP contribution is 2.43. The summed E-state index contributed by atoms with van der Waals surface area (Å²) >= 11 is 3.36. The van der Waals surface area contributed by atoms with Crippen molar-refractivity contribution < 1.29 is 9.53 Å². The summed E-state index contributed by atoms with van der Waals surface area (Å²) in [6.07, 6.45) is 6.12. The molecule has 7 nitrogen and oxygen atoms in total. The molecule has 1 unspecified atom stereocenters. The Bertz CT molecular complexity index is 1180. The number of carbonyl (C=O) groups is 1. The first-order chi connectivity index (χ1) is 15.9. The normalized spacial score (nSPS) is 15.4. The van der Waals surface area contributed by atoms with Gasteiger partial charge in [-0.1, -0.05) is 0 Å². The van der Waals surface area contributed by atoms with Crippen molar-refractivity contribution in [2.75, 3.05) is 38.1 Å². The van der Waals surface area contributed by atoms with Crippen LogP contribution in [0.5, 0.6) is 5.75 Å². The Balaban J connectivity index is 1.69. The number of thiophene rings is 1. The van der Waals surface area contributed by atoms with Gasteiger partial charge in [-0.3, -0.25) is 4.79 Å². The Kier molecular flexibility index (Phi) is 6.99. The average Bonchev–Trinajstić information content (AvgIpc) is 3.21. The van der Waals surface area contributed by atoms with Crippen molar-refractivity contribution >= 4 is 56.4 Å². The van der Waals surface area contributed by atoms with Gasteiger partial charge in [0.15, 0.2) is 0 Å². The molecule has 0 bridgehead atoms. The molecule has 1 aliphatic rings. The minimum absolute atomic E-state index is 0.0284. The zero-order valence-electron chi connectivity index (χ0n) is 20.0. The van der Waals surface area contributed by atoms with Crippen LogP contribution in [0.2, 0.25) is 0 Å². The number of aromatic nitrogens is 2. The first-order valence-corrected chi connectivity index (χ1v) is 13.1. The van der Waals surface area contributed by atoms with Gasteiger partial charge >= 0.3 is 0 Å². The van der Waals surface area contributed by atoms with Gasteiger partial charge in [0, 0.05) is 41.9 Å². The number of thioether (sulfide) groups is 1. The smallest absolute Gasteiger partial charge is 0.226 e. The maximum Gasteiger partial charge on any atom is 0.226 e. The zero-order valence-corrected chi connectivity index (χ0v) is 21.6. The molecule has 33 heavy (non-hydrogen) atoms. The van der Waals surface area contributed by atoms with E-state index in [0.29, 0.717) is 0 Å². The quantitative estimate of drug-likeness (QED) is 0.447. The van der Waals surface area contributed by atoms with E-state index in [-0.39, 0.29) is 17.9 Å². The number of benzene rings is 1. The van der Waals surface area contributed by atoms with Gasteiger partial charge in [-0.25, -0.2) is 9.97 Å². The van der Waals surface area contributed by atoms with E-state index in [0.717, 1.165) is 57.3 Å². The zero-order chi connectivity index (χ0) is 23.7. The van der Waals surface area contributed by atoms with Crippen molar-refractivity contribution in [3.8, 4) is 5.75 Å². The van der Waals surface area contributed by atoms with Crippen molar-refractivity contribution in [2.24, 2.45) is 5.92 Å². The Morgan fingerprint density at radius 1 is 1.30 bits per heavy atom. The van der Waals surface area contributed by atoms with Crippen LogP contribution in [0.25, 0.3) is 10.2 Å². The van der Waals surface area contributed by atoms with Crippen LogP contribution in [0.4, 0.5) is 17.2 Å². The van der Waals surface area contributed by atoms with E-state index >= 15 is 0 Å². The fourth-order valence-corrected chi connectivity index (χ4v) is 6.16. The lowest BCUT2D eigenvalue weighted by atomic mass is 9.86. The topological polar surface area (TPSA) is 79.4 Å². The molecule has 1 atom stereocenters. The van der Waals surface area contributed by atoms with Gasteiger partial charge in [-0.2, -0.15) is 0 Å². The van der Waals surface area contributed by atoms with E-state index in [2.05, 4.69) is 46.8 Å². The number of aryl methyl sites for hydroxylation is 1. The molecule has 0 aliphatic heterocycles. The number of nitrogens with zero attached hydrogens (tertiary/aromatic N) is 3. The molecule has 0 radical (unpaired) electrons. The van der Waals surface area contributed by atoms with Gasteiger partial charge in [0.2, 0.25) is 5.91 Å². The molecule has 3 aromatic rings. The van der Waals surface area contributed by atoms with Crippen LogP contribution in [-0.2, 0) is 17.6 Å². The number of amides is 1. The lowest BCUT2D eigenvalue weighted by molar-refractivity contribution is -0.136. The lowest BCUT2D eigenvalue weighted by Gasteiger charge is -2.29. The van der Waals surface area contributed by atoms with Crippen LogP contribution < -0.4 is 15.4 Å². The third kappa shape index (κ3) is 4.48. The molecule has 4 rings (SSSR count). The number of rotatable bonds is 7. The summed E-state index contributed by atoms with van der Waals surface area (Å²) < 4.78 is 5.65. The Morgan fingerprint density at radius 2 is 2.09 bits per heavy atom. The predicted molar refractivity (Wildman–Crippen MR) is 138 cm³/mol. The highest BCUT2D eigenvalue weighted by molar-refractivity contribution is 7.98. The molecule has 1 amide bonds. The number of hydrogen-bond acceptors (Lipinski definition) is 8. The van der Waals surface area contributed by atoms with E-state index in [1.807, 2.05) is 25.1 Å². The highest BCUT2D eigenvalue weighted by atomic mass is 32.2. The molecule has 0 spiro atoms. The van der Waals surface area contributed by atoms with Gasteiger partial charge in [0.25, 0.3) is 0 Å². The molecule has 1 aromatic carbocycles. The molecular formula is C24H31N5O2S2. The van der Waals surface area contributed by atoms with Gasteiger partial charge in [-0.05, 0) is 51.0 Å². The third-order valence-electron chi connectivity index (χ3n) is 6.36. The van der Waals surface area contributed by atoms with Crippen LogP contribution in [0.1, 0.15) is 30.7 Å². The van der Waals surface area contributed by atoms with Crippen molar-refractivity contribution in [1.29, 1.82) is 0 Å². The molecule has 1 aliphatic carbocycles. The van der Waals surface area contributed by atoms with Crippen molar-refractivity contribution in [2.45, 2.75) is 44.0 Å². The van der Waals surface area contributed by atoms with Crippen molar-refractivity contribution in [1.82, 2.24) is 14.9 Å². The lowest BCUT2D eigenvalue weighted by Crippen LogP contribution is -2.39. The minimum atomic E-state index is 0.0284. The number of carbonyl (C=O) groups excluding carboxylic acids is 1. The molecule has 2 aromatic heterocycles. The standard InChI is InChI=1S/C24H31N5O2S2/c1-13(2)29(4)24(30)14-7-8-15-19(9-14)33-23-21(15)22(26-12-27-23)28-16-11-20(32-6)17(25-3)10-18(16)31-5/h10-14,25H,7-9H2,1-6H3,(H,26,27,28). The minimum Gasteiger partial charge on any atom is -0.494 e. The van der Waals surface area contributed by atoms with Crippen molar-refractivity contribution in [3.05, 3.63) is 28.9 Å². The monoisotopic (exact) mass is 485 g/mol. The summed E-state index contributed by atoms with van der Waals surface area (Å²) in [4.78, 5) is 27.3. The summed E-state index contributed by atoms with van der Waals surface area (Å²) in [5.41, 5.74) is 3.15.